The molecule has 2 heterocycles. The van der Waals surface area contributed by atoms with Crippen molar-refractivity contribution in [2.24, 2.45) is 0 Å². The third-order valence-electron chi connectivity index (χ3n) is 8.10. The third-order valence-corrected chi connectivity index (χ3v) is 8.10. The van der Waals surface area contributed by atoms with Crippen molar-refractivity contribution in [3.8, 4) is 11.1 Å². The van der Waals surface area contributed by atoms with Crippen molar-refractivity contribution in [1.82, 2.24) is 10.2 Å². The number of carbonyl (C=O) groups excluding carboxylic acids is 2. The van der Waals surface area contributed by atoms with Gasteiger partial charge in [0.15, 0.2) is 5.76 Å². The molecule has 2 N–H and O–H groups in total. The molecule has 0 aliphatic carbocycles. The summed E-state index contributed by atoms with van der Waals surface area (Å²) in [6.07, 6.45) is 3.00. The van der Waals surface area contributed by atoms with Gasteiger partial charge < -0.3 is 20.0 Å². The molecule has 0 radical (unpaired) electrons. The lowest BCUT2D eigenvalue weighted by atomic mass is 9.89. The van der Waals surface area contributed by atoms with Gasteiger partial charge in [0.1, 0.15) is 11.4 Å². The molecule has 1 aliphatic rings. The van der Waals surface area contributed by atoms with Crippen LogP contribution in [0.3, 0.4) is 0 Å². The Hall–Kier alpha value is -4.49. The minimum atomic E-state index is -0.276. The fourth-order valence-electron chi connectivity index (χ4n) is 6.01. The van der Waals surface area contributed by atoms with E-state index in [4.69, 9.17) is 4.42 Å². The molecular formula is C35H34FN3O3. The Bertz CT molecular complexity index is 1740. The van der Waals surface area contributed by atoms with Crippen LogP contribution in [0.2, 0.25) is 0 Å². The van der Waals surface area contributed by atoms with Crippen LogP contribution in [0.25, 0.3) is 32.9 Å². The number of halogens is 1. The summed E-state index contributed by atoms with van der Waals surface area (Å²) in [6, 6.07) is 26.3. The Kier molecular flexibility index (Phi) is 8.02. The number of nitrogens with one attached hydrogen (secondary N) is 2. The number of benzene rings is 4. The van der Waals surface area contributed by atoms with Crippen LogP contribution in [0.5, 0.6) is 0 Å². The van der Waals surface area contributed by atoms with Crippen LogP contribution in [0, 0.1) is 5.82 Å². The van der Waals surface area contributed by atoms with Crippen molar-refractivity contribution in [3.63, 3.8) is 0 Å². The summed E-state index contributed by atoms with van der Waals surface area (Å²) >= 11 is 0. The van der Waals surface area contributed by atoms with Gasteiger partial charge in [-0.05, 0) is 103 Å². The zero-order valence-electron chi connectivity index (χ0n) is 23.7. The summed E-state index contributed by atoms with van der Waals surface area (Å²) in [5.74, 6) is 0.216. The maximum atomic E-state index is 13.5. The lowest BCUT2D eigenvalue weighted by Gasteiger charge is -2.32. The third kappa shape index (κ3) is 6.06. The number of hydrogen-bond donors (Lipinski definition) is 2. The molecule has 1 aliphatic heterocycles. The number of piperidine rings is 1. The molecule has 214 valence electrons. The van der Waals surface area contributed by atoms with Crippen molar-refractivity contribution in [2.45, 2.75) is 32.1 Å². The van der Waals surface area contributed by atoms with Gasteiger partial charge in [0.2, 0.25) is 5.91 Å². The molecule has 7 heteroatoms. The van der Waals surface area contributed by atoms with E-state index in [1.807, 2.05) is 42.5 Å². The van der Waals surface area contributed by atoms with Crippen molar-refractivity contribution in [1.29, 1.82) is 0 Å². The molecule has 0 bridgehead atoms. The lowest BCUT2D eigenvalue weighted by Crippen LogP contribution is -2.35. The van der Waals surface area contributed by atoms with Crippen molar-refractivity contribution in [3.05, 3.63) is 102 Å². The van der Waals surface area contributed by atoms with Crippen LogP contribution in [0.1, 0.15) is 48.2 Å². The molecule has 5 aromatic rings. The van der Waals surface area contributed by atoms with E-state index in [2.05, 4.69) is 27.7 Å². The average molecular weight is 564 g/mol. The van der Waals surface area contributed by atoms with Crippen molar-refractivity contribution in [2.75, 3.05) is 31.5 Å². The number of rotatable bonds is 8. The first-order valence-corrected chi connectivity index (χ1v) is 14.5. The van der Waals surface area contributed by atoms with Gasteiger partial charge in [-0.1, -0.05) is 48.5 Å². The highest BCUT2D eigenvalue weighted by Crippen LogP contribution is 2.36. The van der Waals surface area contributed by atoms with Gasteiger partial charge >= 0.3 is 0 Å². The second kappa shape index (κ2) is 12.2. The second-order valence-corrected chi connectivity index (χ2v) is 11.0. The first kappa shape index (κ1) is 27.7. The number of nitrogens with zero attached hydrogens (tertiary/aromatic N) is 1. The Labute approximate surface area is 244 Å². The normalized spacial score (nSPS) is 14.3. The van der Waals surface area contributed by atoms with Gasteiger partial charge in [-0.2, -0.15) is 0 Å². The molecule has 6 nitrogen and oxygen atoms in total. The van der Waals surface area contributed by atoms with Gasteiger partial charge in [-0.15, -0.1) is 0 Å². The van der Waals surface area contributed by atoms with Gasteiger partial charge in [0, 0.05) is 29.9 Å². The highest BCUT2D eigenvalue weighted by Gasteiger charge is 2.21. The first-order valence-electron chi connectivity index (χ1n) is 14.5. The first-order chi connectivity index (χ1) is 20.4. The molecule has 0 saturated carbocycles. The summed E-state index contributed by atoms with van der Waals surface area (Å²) < 4.78 is 19.6. The van der Waals surface area contributed by atoms with Crippen LogP contribution < -0.4 is 10.6 Å². The van der Waals surface area contributed by atoms with Crippen LogP contribution >= 0.6 is 0 Å². The average Bonchev–Trinajstić information content (AvgIpc) is 3.44. The van der Waals surface area contributed by atoms with Crippen LogP contribution in [0.15, 0.2) is 89.3 Å². The van der Waals surface area contributed by atoms with Gasteiger partial charge in [-0.3, -0.25) is 9.59 Å². The van der Waals surface area contributed by atoms with Crippen LogP contribution in [-0.2, 0) is 4.79 Å². The van der Waals surface area contributed by atoms with E-state index < -0.39 is 0 Å². The lowest BCUT2D eigenvalue weighted by molar-refractivity contribution is -0.114. The standard InChI is InChI=1S/C35H34FN3O3/c1-23(40)38-29-7-4-6-26(20-29)24-14-18-39(19-15-24)17-5-16-37-35(41)33-22-27-21-32(25-10-12-28(36)13-11-25)30-8-2-3-9-31(30)34(27)42-33/h2-4,6-13,20-22,24H,5,14-19H2,1H3,(H,37,41)(H,38,40). The number of likely N-dealkylation sites (tertiary alicyclic amines) is 1. The van der Waals surface area contributed by atoms with E-state index in [0.29, 0.717) is 18.0 Å². The Morgan fingerprint density at radius 2 is 1.69 bits per heavy atom. The summed E-state index contributed by atoms with van der Waals surface area (Å²) in [5.41, 5.74) is 4.67. The minimum Gasteiger partial charge on any atom is -0.450 e. The smallest absolute Gasteiger partial charge is 0.287 e. The highest BCUT2D eigenvalue weighted by molar-refractivity contribution is 6.13. The van der Waals surface area contributed by atoms with Crippen molar-refractivity contribution < 1.29 is 18.4 Å². The molecule has 42 heavy (non-hydrogen) atoms. The van der Waals surface area contributed by atoms with E-state index in [1.165, 1.54) is 24.6 Å². The summed E-state index contributed by atoms with van der Waals surface area (Å²) in [6.45, 7) is 5.03. The van der Waals surface area contributed by atoms with Gasteiger partial charge in [0.25, 0.3) is 5.91 Å². The quantitative estimate of drug-likeness (QED) is 0.194. The van der Waals surface area contributed by atoms with E-state index in [1.54, 1.807) is 18.2 Å². The fraction of sp³-hybridized carbons (Fsp3) is 0.257. The zero-order valence-corrected chi connectivity index (χ0v) is 23.7. The summed E-state index contributed by atoms with van der Waals surface area (Å²) in [7, 11) is 0. The topological polar surface area (TPSA) is 74.6 Å². The van der Waals surface area contributed by atoms with Crippen molar-refractivity contribution >= 4 is 39.2 Å². The minimum absolute atomic E-state index is 0.0566. The second-order valence-electron chi connectivity index (χ2n) is 11.0. The van der Waals surface area contributed by atoms with Gasteiger partial charge in [0.05, 0.1) is 0 Å². The number of anilines is 1. The molecule has 0 atom stereocenters. The largest absolute Gasteiger partial charge is 0.450 e. The van der Waals surface area contributed by atoms with Gasteiger partial charge in [-0.25, -0.2) is 4.39 Å². The zero-order chi connectivity index (χ0) is 29.1. The maximum absolute atomic E-state index is 13.5. The molecule has 0 unspecified atom stereocenters. The molecule has 1 fully saturated rings. The van der Waals surface area contributed by atoms with Crippen LogP contribution in [0.4, 0.5) is 10.1 Å². The fourth-order valence-corrected chi connectivity index (χ4v) is 6.01. The number of fused-ring (bicyclic) bond motifs is 3. The Morgan fingerprint density at radius 3 is 2.45 bits per heavy atom. The van der Waals surface area contributed by atoms with E-state index in [9.17, 15) is 14.0 Å². The maximum Gasteiger partial charge on any atom is 0.287 e. The number of carbonyl (C=O) groups is 2. The number of furan rings is 1. The predicted molar refractivity (Wildman–Crippen MR) is 165 cm³/mol. The molecule has 4 aromatic carbocycles. The highest BCUT2D eigenvalue weighted by atomic mass is 19.1. The predicted octanol–water partition coefficient (Wildman–Crippen LogP) is 7.35. The van der Waals surface area contributed by atoms with Crippen LogP contribution in [-0.4, -0.2) is 42.9 Å². The van der Waals surface area contributed by atoms with E-state index in [0.717, 1.165) is 71.9 Å². The molecular weight excluding hydrogens is 529 g/mol. The SMILES string of the molecule is CC(=O)Nc1cccc(C2CCN(CCCNC(=O)c3cc4cc(-c5ccc(F)cc5)c5ccccc5c4o3)CC2)c1. The number of hydrogen-bond acceptors (Lipinski definition) is 4. The Balaban J connectivity index is 1.04. The molecule has 1 saturated heterocycles. The molecule has 1 aromatic heterocycles. The summed E-state index contributed by atoms with van der Waals surface area (Å²) in [5, 5.41) is 8.63. The molecule has 0 spiro atoms. The molecule has 2 amide bonds. The van der Waals surface area contributed by atoms with E-state index in [-0.39, 0.29) is 23.4 Å². The number of amides is 2. The monoisotopic (exact) mass is 563 g/mol. The Morgan fingerprint density at radius 1 is 0.929 bits per heavy atom. The van der Waals surface area contributed by atoms with E-state index >= 15 is 0 Å². The molecule has 6 rings (SSSR count). The summed E-state index contributed by atoms with van der Waals surface area (Å²) in [4.78, 5) is 26.8.